The summed E-state index contributed by atoms with van der Waals surface area (Å²) in [5.41, 5.74) is 1.71. The maximum Gasteiger partial charge on any atom is 0.242 e. The van der Waals surface area contributed by atoms with E-state index in [0.717, 1.165) is 24.0 Å². The van der Waals surface area contributed by atoms with Gasteiger partial charge >= 0.3 is 0 Å². The number of sulfonamides is 1. The zero-order chi connectivity index (χ0) is 26.8. The predicted octanol–water partition coefficient (Wildman–Crippen LogP) is 3.67. The molecule has 0 aliphatic heterocycles. The zero-order valence-corrected chi connectivity index (χ0v) is 23.0. The van der Waals surface area contributed by atoms with Crippen molar-refractivity contribution in [2.24, 2.45) is 0 Å². The summed E-state index contributed by atoms with van der Waals surface area (Å²) in [6.45, 7) is 5.57. The van der Waals surface area contributed by atoms with Crippen molar-refractivity contribution in [1.82, 2.24) is 14.9 Å². The molecule has 1 aliphatic rings. The van der Waals surface area contributed by atoms with Crippen molar-refractivity contribution in [3.8, 4) is 0 Å². The van der Waals surface area contributed by atoms with E-state index in [2.05, 4.69) is 10.0 Å². The van der Waals surface area contributed by atoms with Crippen LogP contribution in [0.15, 0.2) is 53.4 Å². The molecule has 0 heterocycles. The number of halogens is 1. The van der Waals surface area contributed by atoms with Crippen LogP contribution >= 0.6 is 11.6 Å². The largest absolute Gasteiger partial charge is 0.382 e. The number of carbonyl (C=O) groups is 2. The molecule has 1 saturated carbocycles. The summed E-state index contributed by atoms with van der Waals surface area (Å²) in [5.74, 6) is -0.393. The van der Waals surface area contributed by atoms with E-state index in [1.807, 2.05) is 19.1 Å². The second-order valence-electron chi connectivity index (χ2n) is 9.21. The number of hydrogen-bond donors (Lipinski definition) is 2. The number of hydrogen-bond acceptors (Lipinski definition) is 5. The normalized spacial score (nSPS) is 14.2. The molecule has 8 nitrogen and oxygen atoms in total. The molecule has 1 aliphatic carbocycles. The first-order chi connectivity index (χ1) is 17.7. The van der Waals surface area contributed by atoms with Crippen LogP contribution in [-0.4, -0.2) is 57.0 Å². The molecule has 2 N–H and O–H groups in total. The van der Waals surface area contributed by atoms with Crippen LogP contribution in [0, 0.1) is 0 Å². The minimum atomic E-state index is -3.52. The van der Waals surface area contributed by atoms with E-state index >= 15 is 0 Å². The fourth-order valence-corrected chi connectivity index (χ4v) is 5.20. The van der Waals surface area contributed by atoms with Crippen LogP contribution in [0.2, 0.25) is 5.02 Å². The van der Waals surface area contributed by atoms with Crippen molar-refractivity contribution in [2.45, 2.75) is 69.5 Å². The van der Waals surface area contributed by atoms with Crippen molar-refractivity contribution in [2.75, 3.05) is 19.8 Å². The number of carbonyl (C=O) groups excluding carboxylic acids is 2. The van der Waals surface area contributed by atoms with Crippen LogP contribution in [0.1, 0.15) is 50.7 Å². The van der Waals surface area contributed by atoms with Gasteiger partial charge in [-0.1, -0.05) is 35.9 Å². The summed E-state index contributed by atoms with van der Waals surface area (Å²) < 4.78 is 32.7. The van der Waals surface area contributed by atoms with Gasteiger partial charge in [-0.25, -0.2) is 13.1 Å². The van der Waals surface area contributed by atoms with E-state index in [0.29, 0.717) is 37.6 Å². The van der Waals surface area contributed by atoms with Crippen LogP contribution in [0.4, 0.5) is 0 Å². The van der Waals surface area contributed by atoms with Crippen LogP contribution in [0.5, 0.6) is 0 Å². The third-order valence-corrected chi connectivity index (χ3v) is 7.95. The third kappa shape index (κ3) is 9.41. The Kier molecular flexibility index (Phi) is 10.9. The number of amides is 2. The molecule has 37 heavy (non-hydrogen) atoms. The SMILES string of the molecule is CCOCCCNC(=O)[C@@H](C)N(Cc1ccc(Cl)cc1)C(=O)CCc1ccc(S(=O)(=O)NC2CC2)cc1. The van der Waals surface area contributed by atoms with Crippen molar-refractivity contribution >= 4 is 33.4 Å². The van der Waals surface area contributed by atoms with Crippen molar-refractivity contribution in [3.05, 3.63) is 64.7 Å². The second kappa shape index (κ2) is 13.9. The number of nitrogens with one attached hydrogen (secondary N) is 2. The van der Waals surface area contributed by atoms with Crippen molar-refractivity contribution in [1.29, 1.82) is 0 Å². The Morgan fingerprint density at radius 1 is 1.08 bits per heavy atom. The van der Waals surface area contributed by atoms with E-state index < -0.39 is 16.1 Å². The van der Waals surface area contributed by atoms with E-state index in [1.54, 1.807) is 48.2 Å². The lowest BCUT2D eigenvalue weighted by atomic mass is 10.1. The summed E-state index contributed by atoms with van der Waals surface area (Å²) in [5, 5.41) is 3.48. The van der Waals surface area contributed by atoms with Crippen LogP contribution < -0.4 is 10.0 Å². The third-order valence-electron chi connectivity index (χ3n) is 6.16. The molecular weight excluding hydrogens is 514 g/mol. The van der Waals surface area contributed by atoms with Crippen LogP contribution in [0.25, 0.3) is 0 Å². The standard InChI is InChI=1S/C27H36ClN3O5S/c1-3-36-18-4-17-29-27(33)20(2)31(19-22-5-10-23(28)11-6-22)26(32)16-9-21-7-14-25(15-8-21)37(34,35)30-24-12-13-24/h5-8,10-11,14-15,20,24,30H,3-4,9,12-13,16-19H2,1-2H3,(H,29,33)/t20-/m1/s1. The molecule has 3 rings (SSSR count). The first kappa shape index (κ1) is 29.1. The van der Waals surface area contributed by atoms with Crippen LogP contribution in [-0.2, 0) is 37.3 Å². The molecule has 202 valence electrons. The summed E-state index contributed by atoms with van der Waals surface area (Å²) in [4.78, 5) is 27.9. The Labute approximate surface area is 224 Å². The van der Waals surface area contributed by atoms with Crippen LogP contribution in [0.3, 0.4) is 0 Å². The lowest BCUT2D eigenvalue weighted by molar-refractivity contribution is -0.140. The molecule has 2 aromatic carbocycles. The quantitative estimate of drug-likeness (QED) is 0.330. The minimum Gasteiger partial charge on any atom is -0.382 e. The molecule has 1 fully saturated rings. The van der Waals surface area contributed by atoms with Crippen molar-refractivity contribution < 1.29 is 22.7 Å². The van der Waals surface area contributed by atoms with Gasteiger partial charge in [0.1, 0.15) is 6.04 Å². The van der Waals surface area contributed by atoms with E-state index in [-0.39, 0.29) is 35.7 Å². The van der Waals surface area contributed by atoms with Gasteiger partial charge in [0.15, 0.2) is 0 Å². The topological polar surface area (TPSA) is 105 Å². The fourth-order valence-electron chi connectivity index (χ4n) is 3.77. The molecule has 2 aromatic rings. The average molecular weight is 550 g/mol. The average Bonchev–Trinajstić information content (AvgIpc) is 3.70. The van der Waals surface area contributed by atoms with Gasteiger partial charge < -0.3 is 15.0 Å². The van der Waals surface area contributed by atoms with Gasteiger partial charge in [-0.2, -0.15) is 0 Å². The second-order valence-corrected chi connectivity index (χ2v) is 11.4. The number of aryl methyl sites for hydroxylation is 1. The Morgan fingerprint density at radius 3 is 2.35 bits per heavy atom. The molecule has 0 radical (unpaired) electrons. The van der Waals surface area contributed by atoms with Gasteiger partial charge in [-0.15, -0.1) is 0 Å². The van der Waals surface area contributed by atoms with Gasteiger partial charge in [-0.05, 0) is 74.9 Å². The molecular formula is C27H36ClN3O5S. The molecule has 0 aromatic heterocycles. The number of nitrogens with zero attached hydrogens (tertiary/aromatic N) is 1. The lowest BCUT2D eigenvalue weighted by Gasteiger charge is -2.29. The molecule has 0 saturated heterocycles. The molecule has 0 unspecified atom stereocenters. The Hall–Kier alpha value is -2.46. The highest BCUT2D eigenvalue weighted by Crippen LogP contribution is 2.22. The van der Waals surface area contributed by atoms with E-state index in [9.17, 15) is 18.0 Å². The highest BCUT2D eigenvalue weighted by atomic mass is 35.5. The predicted molar refractivity (Wildman–Crippen MR) is 144 cm³/mol. The molecule has 10 heteroatoms. The highest BCUT2D eigenvalue weighted by molar-refractivity contribution is 7.89. The minimum absolute atomic E-state index is 0.0396. The highest BCUT2D eigenvalue weighted by Gasteiger charge is 2.28. The Balaban J connectivity index is 1.62. The summed E-state index contributed by atoms with van der Waals surface area (Å²) >= 11 is 6.01. The van der Waals surface area contributed by atoms with E-state index in [1.165, 1.54) is 0 Å². The number of benzene rings is 2. The Bertz CT molecular complexity index is 1140. The van der Waals surface area contributed by atoms with Crippen molar-refractivity contribution in [3.63, 3.8) is 0 Å². The van der Waals surface area contributed by atoms with Gasteiger partial charge in [-0.3, -0.25) is 9.59 Å². The maximum absolute atomic E-state index is 13.3. The summed E-state index contributed by atoms with van der Waals surface area (Å²) in [6.07, 6.45) is 3.04. The van der Waals surface area contributed by atoms with Gasteiger partial charge in [0.05, 0.1) is 4.90 Å². The monoisotopic (exact) mass is 549 g/mol. The lowest BCUT2D eigenvalue weighted by Crippen LogP contribution is -2.48. The number of ether oxygens (including phenoxy) is 1. The van der Waals surface area contributed by atoms with Gasteiger partial charge in [0, 0.05) is 43.8 Å². The molecule has 1 atom stereocenters. The first-order valence-corrected chi connectivity index (χ1v) is 14.6. The van der Waals surface area contributed by atoms with E-state index in [4.69, 9.17) is 16.3 Å². The molecule has 0 bridgehead atoms. The number of rotatable bonds is 15. The maximum atomic E-state index is 13.3. The van der Waals surface area contributed by atoms with Gasteiger partial charge in [0.25, 0.3) is 0 Å². The molecule has 2 amide bonds. The summed E-state index contributed by atoms with van der Waals surface area (Å²) in [7, 11) is -3.52. The smallest absolute Gasteiger partial charge is 0.242 e. The first-order valence-electron chi connectivity index (χ1n) is 12.7. The Morgan fingerprint density at radius 2 is 1.73 bits per heavy atom. The fraction of sp³-hybridized carbons (Fsp3) is 0.481. The molecule has 0 spiro atoms. The van der Waals surface area contributed by atoms with Gasteiger partial charge in [0.2, 0.25) is 21.8 Å². The summed E-state index contributed by atoms with van der Waals surface area (Å²) in [6, 6.07) is 13.1. The zero-order valence-electron chi connectivity index (χ0n) is 21.4.